The topological polar surface area (TPSA) is 104 Å². The predicted molar refractivity (Wildman–Crippen MR) is 115 cm³/mol. The van der Waals surface area contributed by atoms with E-state index in [0.29, 0.717) is 22.6 Å². The molecule has 0 aromatic heterocycles. The highest BCUT2D eigenvalue weighted by Crippen LogP contribution is 2.43. The van der Waals surface area contributed by atoms with Crippen molar-refractivity contribution >= 4 is 37.4 Å². The number of halogens is 1. The molecule has 8 heteroatoms. The number of rotatable bonds is 8. The van der Waals surface area contributed by atoms with Gasteiger partial charge in [0, 0.05) is 16.6 Å². The van der Waals surface area contributed by atoms with Gasteiger partial charge in [-0.05, 0) is 54.5 Å². The van der Waals surface area contributed by atoms with Crippen LogP contribution in [0.5, 0.6) is 5.75 Å². The molecule has 3 rings (SSSR count). The number of aromatic carboxylic acids is 1. The third-order valence-corrected chi connectivity index (χ3v) is 7.01. The number of carboxylic acids is 1. The van der Waals surface area contributed by atoms with Gasteiger partial charge in [0.25, 0.3) is 0 Å². The highest BCUT2D eigenvalue weighted by atomic mass is 79.9. The molecule has 0 amide bonds. The zero-order valence-electron chi connectivity index (χ0n) is 16.3. The molecule has 2 aromatic rings. The highest BCUT2D eigenvalue weighted by Gasteiger charge is 2.29. The van der Waals surface area contributed by atoms with Crippen molar-refractivity contribution in [1.82, 2.24) is 0 Å². The Morgan fingerprint density at radius 3 is 2.52 bits per heavy atom. The lowest BCUT2D eigenvalue weighted by molar-refractivity contribution is 0.0693. The Bertz CT molecular complexity index is 1050. The summed E-state index contributed by atoms with van der Waals surface area (Å²) in [5, 5.41) is 23.0. The van der Waals surface area contributed by atoms with Crippen molar-refractivity contribution in [3.8, 4) is 5.75 Å². The van der Waals surface area contributed by atoms with Crippen molar-refractivity contribution in [2.45, 2.75) is 43.3 Å². The number of sulfone groups is 1. The molecule has 1 aliphatic carbocycles. The van der Waals surface area contributed by atoms with Gasteiger partial charge in [-0.2, -0.15) is 0 Å². The van der Waals surface area contributed by atoms with Gasteiger partial charge in [-0.3, -0.25) is 0 Å². The molecule has 0 unspecified atom stereocenters. The van der Waals surface area contributed by atoms with Gasteiger partial charge >= 0.3 is 5.97 Å². The molecule has 0 radical (unpaired) electrons. The first kappa shape index (κ1) is 21.6. The average molecular weight is 482 g/mol. The Labute approximate surface area is 179 Å². The lowest BCUT2D eigenvalue weighted by atomic mass is 10.0. The summed E-state index contributed by atoms with van der Waals surface area (Å²) in [6, 6.07) is 8.05. The third kappa shape index (κ3) is 5.11. The fourth-order valence-electron chi connectivity index (χ4n) is 3.14. The van der Waals surface area contributed by atoms with Crippen LogP contribution in [0, 0.1) is 5.92 Å². The minimum absolute atomic E-state index is 0.112. The van der Waals surface area contributed by atoms with Crippen LogP contribution in [0.1, 0.15) is 54.1 Å². The number of phenols is 1. The number of nitrogens with one attached hydrogen (secondary N) is 1. The largest absolute Gasteiger partial charge is 0.507 e. The second-order valence-electron chi connectivity index (χ2n) is 7.83. The number of carbonyl (C=O) groups is 1. The molecule has 0 spiro atoms. The maximum absolute atomic E-state index is 13.2. The van der Waals surface area contributed by atoms with E-state index in [9.17, 15) is 23.4 Å². The molecule has 156 valence electrons. The summed E-state index contributed by atoms with van der Waals surface area (Å²) in [4.78, 5) is 11.6. The molecule has 0 bridgehead atoms. The molecule has 1 fully saturated rings. The standard InChI is InChI=1S/C21H24BrNO5S/c1-12(2)10-23-18-6-5-16(22)9-19(18)29(27,28)11-15-7-14(13-3-4-13)8-17(20(15)24)21(25)26/h5-9,12-13,23-24H,3-4,10-11H2,1-2H3,(H,25,26). The van der Waals surface area contributed by atoms with E-state index in [4.69, 9.17) is 0 Å². The average Bonchev–Trinajstić information content (AvgIpc) is 3.47. The van der Waals surface area contributed by atoms with Crippen LogP contribution < -0.4 is 5.32 Å². The Morgan fingerprint density at radius 2 is 1.93 bits per heavy atom. The fraction of sp³-hybridized carbons (Fsp3) is 0.381. The van der Waals surface area contributed by atoms with Crippen LogP contribution in [0.3, 0.4) is 0 Å². The number of hydrogen-bond donors (Lipinski definition) is 3. The van der Waals surface area contributed by atoms with E-state index in [1.54, 1.807) is 18.2 Å². The van der Waals surface area contributed by atoms with E-state index in [2.05, 4.69) is 21.2 Å². The molecule has 6 nitrogen and oxygen atoms in total. The van der Waals surface area contributed by atoms with Crippen molar-refractivity contribution in [3.05, 3.63) is 51.5 Å². The normalized spacial score (nSPS) is 14.2. The molecule has 2 aromatic carbocycles. The van der Waals surface area contributed by atoms with Crippen LogP contribution in [0.2, 0.25) is 0 Å². The summed E-state index contributed by atoms with van der Waals surface area (Å²) in [7, 11) is -3.85. The summed E-state index contributed by atoms with van der Waals surface area (Å²) in [6.45, 7) is 4.65. The van der Waals surface area contributed by atoms with Crippen molar-refractivity contribution in [1.29, 1.82) is 0 Å². The number of hydrogen-bond acceptors (Lipinski definition) is 5. The molecule has 0 atom stereocenters. The van der Waals surface area contributed by atoms with E-state index in [1.807, 2.05) is 13.8 Å². The van der Waals surface area contributed by atoms with Crippen LogP contribution in [0.25, 0.3) is 0 Å². The van der Waals surface area contributed by atoms with E-state index in [-0.39, 0.29) is 21.9 Å². The third-order valence-electron chi connectivity index (χ3n) is 4.82. The highest BCUT2D eigenvalue weighted by molar-refractivity contribution is 9.10. The van der Waals surface area contributed by atoms with Gasteiger partial charge in [-0.15, -0.1) is 0 Å². The molecular weight excluding hydrogens is 458 g/mol. The van der Waals surface area contributed by atoms with Gasteiger partial charge in [-0.25, -0.2) is 13.2 Å². The quantitative estimate of drug-likeness (QED) is 0.501. The lowest BCUT2D eigenvalue weighted by Crippen LogP contribution is -2.14. The van der Waals surface area contributed by atoms with E-state index in [1.165, 1.54) is 12.1 Å². The first-order valence-corrected chi connectivity index (χ1v) is 11.9. The smallest absolute Gasteiger partial charge is 0.339 e. The van der Waals surface area contributed by atoms with Gasteiger partial charge in [0.05, 0.1) is 16.3 Å². The molecule has 1 aliphatic rings. The Balaban J connectivity index is 2.02. The van der Waals surface area contributed by atoms with Gasteiger partial charge in [0.15, 0.2) is 9.84 Å². The van der Waals surface area contributed by atoms with Crippen LogP contribution in [-0.4, -0.2) is 31.1 Å². The number of carboxylic acid groups (broad SMARTS) is 1. The van der Waals surface area contributed by atoms with Crippen molar-refractivity contribution in [3.63, 3.8) is 0 Å². The molecule has 29 heavy (non-hydrogen) atoms. The van der Waals surface area contributed by atoms with E-state index >= 15 is 0 Å². The molecule has 0 heterocycles. The van der Waals surface area contributed by atoms with Crippen molar-refractivity contribution in [2.24, 2.45) is 5.92 Å². The van der Waals surface area contributed by atoms with Gasteiger partial charge in [0.2, 0.25) is 0 Å². The second-order valence-corrected chi connectivity index (χ2v) is 10.7. The Kier molecular flexibility index (Phi) is 6.24. The van der Waals surface area contributed by atoms with Crippen molar-refractivity contribution in [2.75, 3.05) is 11.9 Å². The summed E-state index contributed by atoms with van der Waals surface area (Å²) >= 11 is 3.32. The van der Waals surface area contributed by atoms with E-state index < -0.39 is 27.3 Å². The number of aromatic hydroxyl groups is 1. The van der Waals surface area contributed by atoms with Gasteiger partial charge in [0.1, 0.15) is 11.3 Å². The maximum atomic E-state index is 13.2. The Morgan fingerprint density at radius 1 is 1.24 bits per heavy atom. The Hall–Kier alpha value is -2.06. The molecule has 0 saturated heterocycles. The van der Waals surface area contributed by atoms with Gasteiger partial charge < -0.3 is 15.5 Å². The monoisotopic (exact) mass is 481 g/mol. The minimum Gasteiger partial charge on any atom is -0.507 e. The second kappa shape index (κ2) is 8.36. The van der Waals surface area contributed by atoms with Crippen LogP contribution in [-0.2, 0) is 15.6 Å². The van der Waals surface area contributed by atoms with Crippen LogP contribution in [0.15, 0.2) is 39.7 Å². The maximum Gasteiger partial charge on any atom is 0.339 e. The molecule has 1 saturated carbocycles. The molecular formula is C21H24BrNO5S. The molecule has 3 N–H and O–H groups in total. The van der Waals surface area contributed by atoms with Crippen molar-refractivity contribution < 1.29 is 23.4 Å². The van der Waals surface area contributed by atoms with E-state index in [0.717, 1.165) is 18.4 Å². The number of benzene rings is 2. The zero-order valence-corrected chi connectivity index (χ0v) is 18.7. The first-order valence-electron chi connectivity index (χ1n) is 9.43. The summed E-state index contributed by atoms with van der Waals surface area (Å²) in [5.41, 5.74) is 1.10. The number of anilines is 1. The lowest BCUT2D eigenvalue weighted by Gasteiger charge is -2.16. The zero-order chi connectivity index (χ0) is 21.3. The fourth-order valence-corrected chi connectivity index (χ4v) is 5.22. The summed E-state index contributed by atoms with van der Waals surface area (Å²) < 4.78 is 27.1. The minimum atomic E-state index is -3.85. The van der Waals surface area contributed by atoms with Crippen LogP contribution >= 0.6 is 15.9 Å². The first-order chi connectivity index (χ1) is 13.6. The summed E-state index contributed by atoms with van der Waals surface area (Å²) in [5.74, 6) is -1.69. The SMILES string of the molecule is CC(C)CNc1ccc(Br)cc1S(=O)(=O)Cc1cc(C2CC2)cc(C(=O)O)c1O. The summed E-state index contributed by atoms with van der Waals surface area (Å²) in [6.07, 6.45) is 1.87. The van der Waals surface area contributed by atoms with Crippen LogP contribution in [0.4, 0.5) is 5.69 Å². The predicted octanol–water partition coefficient (Wildman–Crippen LogP) is 4.77. The molecule has 0 aliphatic heterocycles. The van der Waals surface area contributed by atoms with Gasteiger partial charge in [-0.1, -0.05) is 35.8 Å².